The molecule has 0 spiro atoms. The fraction of sp³-hybridized carbons (Fsp3) is 0.300. The first-order chi connectivity index (χ1) is 11.7. The van der Waals surface area contributed by atoms with Crippen molar-refractivity contribution in [2.75, 3.05) is 13.1 Å². The Bertz CT molecular complexity index is 840. The van der Waals surface area contributed by atoms with Crippen LogP contribution in [0.5, 0.6) is 0 Å². The quantitative estimate of drug-likeness (QED) is 0.625. The zero-order valence-electron chi connectivity index (χ0n) is 13.7. The molecule has 0 atom stereocenters. The van der Waals surface area contributed by atoms with Crippen molar-refractivity contribution in [1.29, 1.82) is 0 Å². The molecule has 1 fully saturated rings. The second-order valence-electron chi connectivity index (χ2n) is 6.57. The third-order valence-corrected chi connectivity index (χ3v) is 4.76. The van der Waals surface area contributed by atoms with Crippen LogP contribution >= 0.6 is 0 Å². The number of esters is 1. The summed E-state index contributed by atoms with van der Waals surface area (Å²) < 4.78 is 5.45. The van der Waals surface area contributed by atoms with Crippen LogP contribution in [0.15, 0.2) is 59.4 Å². The number of carbonyl (C=O) groups is 1. The van der Waals surface area contributed by atoms with Crippen LogP contribution in [0.2, 0.25) is 0 Å². The predicted molar refractivity (Wildman–Crippen MR) is 94.6 cm³/mol. The van der Waals surface area contributed by atoms with Crippen molar-refractivity contribution in [1.82, 2.24) is 4.90 Å². The van der Waals surface area contributed by atoms with E-state index in [-0.39, 0.29) is 5.97 Å². The highest BCUT2D eigenvalue weighted by Crippen LogP contribution is 2.25. The summed E-state index contributed by atoms with van der Waals surface area (Å²) in [5, 5.41) is 2.15. The van der Waals surface area contributed by atoms with Gasteiger partial charge in [-0.3, -0.25) is 0 Å². The molecular formula is C20H20N2O2. The molecule has 2 aromatic rings. The molecule has 0 bridgehead atoms. The number of ether oxygens (including phenoxy) is 1. The third kappa shape index (κ3) is 2.80. The summed E-state index contributed by atoms with van der Waals surface area (Å²) in [4.78, 5) is 18.8. The van der Waals surface area contributed by atoms with Crippen molar-refractivity contribution in [3.05, 3.63) is 59.9 Å². The molecule has 122 valence electrons. The van der Waals surface area contributed by atoms with Crippen LogP contribution in [0.3, 0.4) is 0 Å². The number of hydrogen-bond donors (Lipinski definition) is 0. The Morgan fingerprint density at radius 2 is 1.88 bits per heavy atom. The molecule has 0 N–H and O–H groups in total. The van der Waals surface area contributed by atoms with Crippen LogP contribution in [-0.4, -0.2) is 29.9 Å². The van der Waals surface area contributed by atoms with Gasteiger partial charge in [0.05, 0.1) is 0 Å². The van der Waals surface area contributed by atoms with E-state index in [2.05, 4.69) is 16.8 Å². The van der Waals surface area contributed by atoms with E-state index < -0.39 is 0 Å². The van der Waals surface area contributed by atoms with Crippen molar-refractivity contribution < 1.29 is 9.53 Å². The lowest BCUT2D eigenvalue weighted by atomic mass is 10.00. The minimum atomic E-state index is -0.364. The highest BCUT2D eigenvalue weighted by molar-refractivity contribution is 6.16. The molecule has 0 radical (unpaired) electrons. The minimum Gasteiger partial charge on any atom is -0.402 e. The first-order valence-electron chi connectivity index (χ1n) is 8.45. The van der Waals surface area contributed by atoms with Crippen molar-refractivity contribution >= 4 is 22.6 Å². The van der Waals surface area contributed by atoms with Gasteiger partial charge in [0, 0.05) is 24.9 Å². The lowest BCUT2D eigenvalue weighted by molar-refractivity contribution is -0.130. The van der Waals surface area contributed by atoms with Gasteiger partial charge < -0.3 is 9.64 Å². The SMILES string of the molecule is CC1CCN(C=C2N=C(c3cccc4ccccc34)OC2=O)CC1. The van der Waals surface area contributed by atoms with Crippen LogP contribution in [0.4, 0.5) is 0 Å². The molecule has 0 aliphatic carbocycles. The normalized spacial score (nSPS) is 20.5. The Balaban J connectivity index is 1.66. The van der Waals surface area contributed by atoms with Crippen LogP contribution < -0.4 is 0 Å². The van der Waals surface area contributed by atoms with Crippen LogP contribution in [0.25, 0.3) is 10.8 Å². The average molecular weight is 320 g/mol. The van der Waals surface area contributed by atoms with E-state index in [4.69, 9.17) is 4.74 Å². The standard InChI is InChI=1S/C20H20N2O2/c1-14-9-11-22(12-10-14)13-18-20(23)24-19(21-18)17-8-4-6-15-5-2-3-7-16(15)17/h2-8,13-14H,9-12H2,1H3. The zero-order valence-corrected chi connectivity index (χ0v) is 13.7. The molecule has 0 aromatic heterocycles. The first kappa shape index (κ1) is 14.9. The lowest BCUT2D eigenvalue weighted by Gasteiger charge is -2.28. The van der Waals surface area contributed by atoms with E-state index in [0.717, 1.165) is 48.2 Å². The maximum absolute atomic E-state index is 12.2. The number of rotatable bonds is 2. The molecule has 4 rings (SSSR count). The second kappa shape index (κ2) is 6.11. The topological polar surface area (TPSA) is 41.9 Å². The number of fused-ring (bicyclic) bond motifs is 1. The van der Waals surface area contributed by atoms with Gasteiger partial charge in [0.15, 0.2) is 5.70 Å². The summed E-state index contributed by atoms with van der Waals surface area (Å²) in [6.45, 7) is 4.21. The predicted octanol–water partition coefficient (Wildman–Crippen LogP) is 3.72. The summed E-state index contributed by atoms with van der Waals surface area (Å²) in [6.07, 6.45) is 4.16. The van der Waals surface area contributed by atoms with E-state index in [1.807, 2.05) is 48.7 Å². The molecule has 2 aliphatic rings. The average Bonchev–Trinajstić information content (AvgIpc) is 2.97. The number of cyclic esters (lactones) is 1. The number of likely N-dealkylation sites (tertiary alicyclic amines) is 1. The number of carbonyl (C=O) groups excluding carboxylic acids is 1. The highest BCUT2D eigenvalue weighted by atomic mass is 16.6. The summed E-state index contributed by atoms with van der Waals surface area (Å²) in [5.41, 5.74) is 1.25. The molecule has 2 heterocycles. The molecule has 0 saturated carbocycles. The molecule has 0 unspecified atom stereocenters. The Labute approximate surface area is 141 Å². The first-order valence-corrected chi connectivity index (χ1v) is 8.45. The van der Waals surface area contributed by atoms with Gasteiger partial charge in [-0.1, -0.05) is 43.3 Å². The minimum absolute atomic E-state index is 0.364. The summed E-state index contributed by atoms with van der Waals surface area (Å²) in [5.74, 6) is 0.787. The van der Waals surface area contributed by atoms with E-state index in [1.54, 1.807) is 0 Å². The number of benzene rings is 2. The van der Waals surface area contributed by atoms with Crippen molar-refractivity contribution in [3.8, 4) is 0 Å². The summed E-state index contributed by atoms with van der Waals surface area (Å²) >= 11 is 0. The van der Waals surface area contributed by atoms with Crippen LogP contribution in [0.1, 0.15) is 25.3 Å². The van der Waals surface area contributed by atoms with E-state index in [0.29, 0.717) is 11.6 Å². The smallest absolute Gasteiger partial charge is 0.365 e. The largest absolute Gasteiger partial charge is 0.402 e. The van der Waals surface area contributed by atoms with Gasteiger partial charge in [-0.25, -0.2) is 9.79 Å². The zero-order chi connectivity index (χ0) is 16.5. The van der Waals surface area contributed by atoms with Crippen molar-refractivity contribution in [3.63, 3.8) is 0 Å². The molecule has 2 aromatic carbocycles. The lowest BCUT2D eigenvalue weighted by Crippen LogP contribution is -2.29. The van der Waals surface area contributed by atoms with E-state index in [9.17, 15) is 4.79 Å². The van der Waals surface area contributed by atoms with Crippen molar-refractivity contribution in [2.24, 2.45) is 10.9 Å². The molecule has 2 aliphatic heterocycles. The van der Waals surface area contributed by atoms with Gasteiger partial charge in [-0.05, 0) is 35.6 Å². The van der Waals surface area contributed by atoms with Gasteiger partial charge in [0.2, 0.25) is 5.90 Å². The third-order valence-electron chi connectivity index (χ3n) is 4.76. The summed E-state index contributed by atoms with van der Waals surface area (Å²) in [7, 11) is 0. The van der Waals surface area contributed by atoms with Crippen molar-refractivity contribution in [2.45, 2.75) is 19.8 Å². The molecule has 1 saturated heterocycles. The number of nitrogens with zero attached hydrogens (tertiary/aromatic N) is 2. The number of aliphatic imine (C=N–C) groups is 1. The Kier molecular flexibility index (Phi) is 3.81. The second-order valence-corrected chi connectivity index (χ2v) is 6.57. The maximum Gasteiger partial charge on any atom is 0.365 e. The monoisotopic (exact) mass is 320 g/mol. The van der Waals surface area contributed by atoms with Gasteiger partial charge in [0.1, 0.15) is 0 Å². The summed E-state index contributed by atoms with van der Waals surface area (Å²) in [6, 6.07) is 14.0. The molecule has 0 amide bonds. The van der Waals surface area contributed by atoms with E-state index in [1.165, 1.54) is 0 Å². The Morgan fingerprint density at radius 1 is 1.12 bits per heavy atom. The van der Waals surface area contributed by atoms with Gasteiger partial charge in [-0.2, -0.15) is 0 Å². The molecule has 24 heavy (non-hydrogen) atoms. The molecular weight excluding hydrogens is 300 g/mol. The number of piperidine rings is 1. The van der Waals surface area contributed by atoms with Crippen LogP contribution in [0, 0.1) is 5.92 Å². The fourth-order valence-electron chi connectivity index (χ4n) is 3.26. The molecule has 4 heteroatoms. The van der Waals surface area contributed by atoms with Gasteiger partial charge in [0.25, 0.3) is 0 Å². The van der Waals surface area contributed by atoms with Gasteiger partial charge in [-0.15, -0.1) is 0 Å². The van der Waals surface area contributed by atoms with Gasteiger partial charge >= 0.3 is 5.97 Å². The fourth-order valence-corrected chi connectivity index (χ4v) is 3.26. The Hall–Kier alpha value is -2.62. The number of hydrogen-bond acceptors (Lipinski definition) is 4. The van der Waals surface area contributed by atoms with Crippen LogP contribution in [-0.2, 0) is 9.53 Å². The maximum atomic E-state index is 12.2. The Morgan fingerprint density at radius 3 is 2.71 bits per heavy atom. The van der Waals surface area contributed by atoms with E-state index >= 15 is 0 Å². The molecule has 4 nitrogen and oxygen atoms in total. The highest BCUT2D eigenvalue weighted by Gasteiger charge is 2.26.